The van der Waals surface area contributed by atoms with E-state index in [4.69, 9.17) is 0 Å². The van der Waals surface area contributed by atoms with Gasteiger partial charge in [0.2, 0.25) is 0 Å². The molecule has 0 aliphatic rings. The average molecular weight is 213 g/mol. The van der Waals surface area contributed by atoms with Gasteiger partial charge in [-0.15, -0.1) is 0 Å². The van der Waals surface area contributed by atoms with Crippen LogP contribution in [0.4, 0.5) is 0 Å². The van der Waals surface area contributed by atoms with E-state index in [0.717, 1.165) is 5.52 Å². The third kappa shape index (κ3) is 2.08. The Hall–Kier alpha value is -1.37. The topological polar surface area (TPSA) is 12.9 Å². The van der Waals surface area contributed by atoms with Crippen molar-refractivity contribution in [2.45, 2.75) is 33.1 Å². The second kappa shape index (κ2) is 4.65. The maximum atomic E-state index is 4.52. The molecule has 2 unspecified atom stereocenters. The Morgan fingerprint density at radius 2 is 1.94 bits per heavy atom. The summed E-state index contributed by atoms with van der Waals surface area (Å²) >= 11 is 0. The van der Waals surface area contributed by atoms with Crippen LogP contribution in [-0.4, -0.2) is 4.98 Å². The minimum atomic E-state index is 0.585. The molecule has 0 N–H and O–H groups in total. The number of hydrogen-bond acceptors (Lipinski definition) is 1. The van der Waals surface area contributed by atoms with Crippen LogP contribution >= 0.6 is 0 Å². The maximum absolute atomic E-state index is 4.52. The van der Waals surface area contributed by atoms with Gasteiger partial charge in [0.15, 0.2) is 0 Å². The third-order valence-electron chi connectivity index (χ3n) is 3.63. The molecule has 2 rings (SSSR count). The van der Waals surface area contributed by atoms with Crippen LogP contribution in [0.3, 0.4) is 0 Å². The number of fused-ring (bicyclic) bond motifs is 1. The fourth-order valence-corrected chi connectivity index (χ4v) is 2.02. The molecule has 0 aliphatic heterocycles. The van der Waals surface area contributed by atoms with E-state index in [1.165, 1.54) is 17.4 Å². The van der Waals surface area contributed by atoms with Crippen LogP contribution in [0.1, 0.15) is 38.7 Å². The zero-order chi connectivity index (χ0) is 11.5. The predicted octanol–water partition coefficient (Wildman–Crippen LogP) is 4.38. The molecule has 0 amide bonds. The van der Waals surface area contributed by atoms with Crippen molar-refractivity contribution in [3.05, 3.63) is 42.1 Å². The molecule has 1 heterocycles. The molecule has 0 spiro atoms. The fraction of sp³-hybridized carbons (Fsp3) is 0.400. The van der Waals surface area contributed by atoms with E-state index < -0.39 is 0 Å². The van der Waals surface area contributed by atoms with Gasteiger partial charge in [-0.2, -0.15) is 0 Å². The van der Waals surface area contributed by atoms with Gasteiger partial charge in [0.05, 0.1) is 5.52 Å². The lowest BCUT2D eigenvalue weighted by molar-refractivity contribution is 0.473. The Morgan fingerprint density at radius 1 is 1.19 bits per heavy atom. The van der Waals surface area contributed by atoms with Gasteiger partial charge in [-0.1, -0.05) is 45.4 Å². The summed E-state index contributed by atoms with van der Waals surface area (Å²) in [6.07, 6.45) is 3.24. The van der Waals surface area contributed by atoms with Crippen LogP contribution in [0.25, 0.3) is 10.9 Å². The summed E-state index contributed by atoms with van der Waals surface area (Å²) in [5, 5.41) is 1.25. The molecule has 1 nitrogen and oxygen atoms in total. The summed E-state index contributed by atoms with van der Waals surface area (Å²) < 4.78 is 0. The molecule has 0 saturated heterocycles. The number of hydrogen-bond donors (Lipinski definition) is 0. The molecule has 1 aromatic heterocycles. The van der Waals surface area contributed by atoms with Gasteiger partial charge >= 0.3 is 0 Å². The highest BCUT2D eigenvalue weighted by molar-refractivity contribution is 5.78. The molecule has 0 bridgehead atoms. The zero-order valence-electron chi connectivity index (χ0n) is 10.3. The van der Waals surface area contributed by atoms with E-state index in [2.05, 4.69) is 50.0 Å². The first-order valence-electron chi connectivity index (χ1n) is 6.07. The van der Waals surface area contributed by atoms with Gasteiger partial charge in [0, 0.05) is 11.6 Å². The van der Waals surface area contributed by atoms with Crippen LogP contribution in [0, 0.1) is 5.92 Å². The summed E-state index contributed by atoms with van der Waals surface area (Å²) in [6, 6.07) is 10.6. The molecular weight excluding hydrogens is 194 g/mol. The highest BCUT2D eigenvalue weighted by Crippen LogP contribution is 2.27. The van der Waals surface area contributed by atoms with Crippen LogP contribution in [0.2, 0.25) is 0 Å². The van der Waals surface area contributed by atoms with Crippen molar-refractivity contribution < 1.29 is 0 Å². The molecule has 16 heavy (non-hydrogen) atoms. The number of aromatic nitrogens is 1. The number of rotatable bonds is 3. The van der Waals surface area contributed by atoms with Gasteiger partial charge in [-0.25, -0.2) is 0 Å². The molecule has 2 aromatic rings. The van der Waals surface area contributed by atoms with E-state index in [1.807, 2.05) is 12.3 Å². The molecule has 0 radical (unpaired) electrons. The third-order valence-corrected chi connectivity index (χ3v) is 3.63. The summed E-state index contributed by atoms with van der Waals surface area (Å²) in [5.74, 6) is 1.30. The van der Waals surface area contributed by atoms with E-state index in [-0.39, 0.29) is 0 Å². The second-order valence-corrected chi connectivity index (χ2v) is 4.64. The SMILES string of the molecule is CCC(C)C(C)c1cnc2ccccc2c1. The van der Waals surface area contributed by atoms with Gasteiger partial charge in [-0.05, 0) is 29.5 Å². The lowest BCUT2D eigenvalue weighted by atomic mass is 9.88. The maximum Gasteiger partial charge on any atom is 0.0702 e. The molecular formula is C15H19N. The summed E-state index contributed by atoms with van der Waals surface area (Å²) in [7, 11) is 0. The zero-order valence-corrected chi connectivity index (χ0v) is 10.3. The molecule has 0 saturated carbocycles. The lowest BCUT2D eigenvalue weighted by Gasteiger charge is -2.18. The summed E-state index contributed by atoms with van der Waals surface area (Å²) in [4.78, 5) is 4.52. The van der Waals surface area contributed by atoms with Crippen molar-refractivity contribution in [3.8, 4) is 0 Å². The number of pyridine rings is 1. The first-order chi connectivity index (χ1) is 7.72. The van der Waals surface area contributed by atoms with Crippen LogP contribution in [-0.2, 0) is 0 Å². The Bertz CT molecular complexity index is 476. The minimum Gasteiger partial charge on any atom is -0.256 e. The molecule has 84 valence electrons. The monoisotopic (exact) mass is 213 g/mol. The molecule has 2 atom stereocenters. The molecule has 0 aliphatic carbocycles. The first kappa shape index (κ1) is 11.1. The van der Waals surface area contributed by atoms with Gasteiger partial charge in [0.1, 0.15) is 0 Å². The van der Waals surface area contributed by atoms with Crippen LogP contribution in [0.5, 0.6) is 0 Å². The number of nitrogens with zero attached hydrogens (tertiary/aromatic N) is 1. The Kier molecular flexibility index (Phi) is 3.23. The van der Waals surface area contributed by atoms with Crippen molar-refractivity contribution in [1.82, 2.24) is 4.98 Å². The Labute approximate surface area is 97.5 Å². The summed E-state index contributed by atoms with van der Waals surface area (Å²) in [5.41, 5.74) is 2.44. The lowest BCUT2D eigenvalue weighted by Crippen LogP contribution is -2.05. The van der Waals surface area contributed by atoms with E-state index in [1.54, 1.807) is 0 Å². The predicted molar refractivity (Wildman–Crippen MR) is 69.6 cm³/mol. The molecule has 1 aromatic carbocycles. The van der Waals surface area contributed by atoms with Gasteiger partial charge < -0.3 is 0 Å². The number of para-hydroxylation sites is 1. The van der Waals surface area contributed by atoms with E-state index in [0.29, 0.717) is 11.8 Å². The van der Waals surface area contributed by atoms with Crippen molar-refractivity contribution in [1.29, 1.82) is 0 Å². The van der Waals surface area contributed by atoms with Crippen LogP contribution < -0.4 is 0 Å². The fourth-order valence-electron chi connectivity index (χ4n) is 2.02. The molecule has 1 heteroatoms. The van der Waals surface area contributed by atoms with Gasteiger partial charge in [-0.3, -0.25) is 4.98 Å². The normalized spacial score (nSPS) is 14.9. The van der Waals surface area contributed by atoms with Crippen molar-refractivity contribution in [2.24, 2.45) is 5.92 Å². The number of benzene rings is 1. The van der Waals surface area contributed by atoms with Crippen LogP contribution in [0.15, 0.2) is 36.5 Å². The summed E-state index contributed by atoms with van der Waals surface area (Å²) in [6.45, 7) is 6.84. The van der Waals surface area contributed by atoms with Crippen molar-refractivity contribution in [3.63, 3.8) is 0 Å². The second-order valence-electron chi connectivity index (χ2n) is 4.64. The van der Waals surface area contributed by atoms with Crippen molar-refractivity contribution >= 4 is 10.9 Å². The first-order valence-corrected chi connectivity index (χ1v) is 6.07. The van der Waals surface area contributed by atoms with E-state index >= 15 is 0 Å². The smallest absolute Gasteiger partial charge is 0.0702 e. The largest absolute Gasteiger partial charge is 0.256 e. The average Bonchev–Trinajstić information content (AvgIpc) is 2.36. The van der Waals surface area contributed by atoms with Gasteiger partial charge in [0.25, 0.3) is 0 Å². The minimum absolute atomic E-state index is 0.585. The Balaban J connectivity index is 2.39. The molecule has 0 fully saturated rings. The highest BCUT2D eigenvalue weighted by Gasteiger charge is 2.13. The quantitative estimate of drug-likeness (QED) is 0.737. The standard InChI is InChI=1S/C15H19N/c1-4-11(2)12(3)14-9-13-7-5-6-8-15(13)16-10-14/h5-12H,4H2,1-3H3. The van der Waals surface area contributed by atoms with Crippen molar-refractivity contribution in [2.75, 3.05) is 0 Å². The Morgan fingerprint density at radius 3 is 2.69 bits per heavy atom. The highest BCUT2D eigenvalue weighted by atomic mass is 14.6. The van der Waals surface area contributed by atoms with E-state index in [9.17, 15) is 0 Å².